The second-order valence-electron chi connectivity index (χ2n) is 4.61. The molecule has 0 atom stereocenters. The summed E-state index contributed by atoms with van der Waals surface area (Å²) in [6, 6.07) is 6.85. The van der Waals surface area contributed by atoms with Crippen molar-refractivity contribution >= 4 is 21.6 Å². The zero-order chi connectivity index (χ0) is 13.5. The van der Waals surface area contributed by atoms with Crippen LogP contribution < -0.4 is 10.2 Å². The highest BCUT2D eigenvalue weighted by Gasteiger charge is 2.07. The van der Waals surface area contributed by atoms with Crippen LogP contribution >= 0.6 is 15.9 Å². The van der Waals surface area contributed by atoms with Gasteiger partial charge in [-0.1, -0.05) is 35.8 Å². The van der Waals surface area contributed by atoms with E-state index in [1.807, 2.05) is 0 Å². The summed E-state index contributed by atoms with van der Waals surface area (Å²) in [7, 11) is 0. The second kappa shape index (κ2) is 7.77. The summed E-state index contributed by atoms with van der Waals surface area (Å²) in [6.07, 6.45) is 0. The fourth-order valence-electron chi connectivity index (χ4n) is 1.78. The summed E-state index contributed by atoms with van der Waals surface area (Å²) < 4.78 is 1.12. The predicted molar refractivity (Wildman–Crippen MR) is 81.1 cm³/mol. The molecule has 4 heteroatoms. The van der Waals surface area contributed by atoms with Crippen molar-refractivity contribution < 1.29 is 5.11 Å². The van der Waals surface area contributed by atoms with Crippen LogP contribution in [0.1, 0.15) is 26.3 Å². The van der Waals surface area contributed by atoms with Gasteiger partial charge in [0.05, 0.1) is 6.61 Å². The van der Waals surface area contributed by atoms with Crippen LogP contribution in [-0.4, -0.2) is 30.8 Å². The average molecular weight is 315 g/mol. The summed E-state index contributed by atoms with van der Waals surface area (Å²) in [5.74, 6) is 0. The number of anilines is 1. The number of halogens is 1. The van der Waals surface area contributed by atoms with Gasteiger partial charge in [0.2, 0.25) is 0 Å². The molecule has 2 N–H and O–H groups in total. The Bertz CT molecular complexity index is 369. The van der Waals surface area contributed by atoms with Crippen molar-refractivity contribution in [2.45, 2.75) is 33.4 Å². The predicted octanol–water partition coefficient (Wildman–Crippen LogP) is 2.77. The number of benzene rings is 1. The van der Waals surface area contributed by atoms with Gasteiger partial charge in [0.25, 0.3) is 0 Å². The Labute approximate surface area is 118 Å². The van der Waals surface area contributed by atoms with E-state index < -0.39 is 0 Å². The summed E-state index contributed by atoms with van der Waals surface area (Å²) in [5.41, 5.74) is 2.40. The molecule has 0 unspecified atom stereocenters. The van der Waals surface area contributed by atoms with Crippen LogP contribution in [0.15, 0.2) is 22.7 Å². The van der Waals surface area contributed by atoms with Gasteiger partial charge in [-0.15, -0.1) is 0 Å². The minimum Gasteiger partial charge on any atom is -0.395 e. The van der Waals surface area contributed by atoms with E-state index in [4.69, 9.17) is 5.11 Å². The van der Waals surface area contributed by atoms with Crippen LogP contribution in [-0.2, 0) is 6.54 Å². The van der Waals surface area contributed by atoms with E-state index in [-0.39, 0.29) is 6.61 Å². The van der Waals surface area contributed by atoms with Gasteiger partial charge in [0, 0.05) is 35.8 Å². The number of hydrogen-bond acceptors (Lipinski definition) is 3. The summed E-state index contributed by atoms with van der Waals surface area (Å²) in [5, 5.41) is 12.4. The van der Waals surface area contributed by atoms with Crippen LogP contribution in [0.25, 0.3) is 0 Å². The first kappa shape index (κ1) is 15.5. The average Bonchev–Trinajstić information content (AvgIpc) is 2.34. The van der Waals surface area contributed by atoms with Crippen LogP contribution in [0.2, 0.25) is 0 Å². The van der Waals surface area contributed by atoms with E-state index in [1.54, 1.807) is 0 Å². The molecule has 1 aromatic carbocycles. The Morgan fingerprint density at radius 3 is 2.61 bits per heavy atom. The highest BCUT2D eigenvalue weighted by molar-refractivity contribution is 9.10. The zero-order valence-electron chi connectivity index (χ0n) is 11.4. The van der Waals surface area contributed by atoms with Crippen molar-refractivity contribution in [1.29, 1.82) is 0 Å². The monoisotopic (exact) mass is 314 g/mol. The molecular weight excluding hydrogens is 292 g/mol. The summed E-state index contributed by atoms with van der Waals surface area (Å²) in [6.45, 7) is 9.00. The Morgan fingerprint density at radius 2 is 2.11 bits per heavy atom. The third-order valence-corrected chi connectivity index (χ3v) is 3.59. The molecule has 0 bridgehead atoms. The van der Waals surface area contributed by atoms with Crippen molar-refractivity contribution in [3.63, 3.8) is 0 Å². The molecule has 1 aromatic rings. The molecule has 0 fully saturated rings. The molecule has 0 spiro atoms. The van der Waals surface area contributed by atoms with Crippen LogP contribution in [0.3, 0.4) is 0 Å². The molecule has 0 aliphatic carbocycles. The Morgan fingerprint density at radius 1 is 1.39 bits per heavy atom. The topological polar surface area (TPSA) is 35.5 Å². The number of likely N-dealkylation sites (N-methyl/N-ethyl adjacent to an activating group) is 1. The number of hydrogen-bond donors (Lipinski definition) is 2. The summed E-state index contributed by atoms with van der Waals surface area (Å²) >= 11 is 3.62. The van der Waals surface area contributed by atoms with Crippen molar-refractivity contribution in [2.75, 3.05) is 24.6 Å². The Kier molecular flexibility index (Phi) is 6.68. The maximum Gasteiger partial charge on any atom is 0.0606 e. The van der Waals surface area contributed by atoms with Gasteiger partial charge >= 0.3 is 0 Å². The zero-order valence-corrected chi connectivity index (χ0v) is 13.0. The standard InChI is InChI=1S/C14H23BrN2O/c1-4-17(7-8-18)13-6-5-12(14(15)9-13)10-16-11(2)3/h5-6,9,11,16,18H,4,7-8,10H2,1-3H3. The first-order valence-corrected chi connectivity index (χ1v) is 7.25. The number of nitrogens with one attached hydrogen (secondary N) is 1. The first-order chi connectivity index (χ1) is 8.58. The van der Waals surface area contributed by atoms with Crippen molar-refractivity contribution in [3.05, 3.63) is 28.2 Å². The van der Waals surface area contributed by atoms with Crippen LogP contribution in [0.4, 0.5) is 5.69 Å². The molecule has 0 amide bonds. The lowest BCUT2D eigenvalue weighted by atomic mass is 10.2. The molecular formula is C14H23BrN2O. The molecule has 0 heterocycles. The van der Waals surface area contributed by atoms with E-state index in [1.165, 1.54) is 5.56 Å². The highest BCUT2D eigenvalue weighted by atomic mass is 79.9. The fraction of sp³-hybridized carbons (Fsp3) is 0.571. The lowest BCUT2D eigenvalue weighted by molar-refractivity contribution is 0.302. The fourth-order valence-corrected chi connectivity index (χ4v) is 2.29. The van der Waals surface area contributed by atoms with Crippen LogP contribution in [0.5, 0.6) is 0 Å². The van der Waals surface area contributed by atoms with Gasteiger partial charge in [-0.2, -0.15) is 0 Å². The third-order valence-electron chi connectivity index (χ3n) is 2.85. The SMILES string of the molecule is CCN(CCO)c1ccc(CNC(C)C)c(Br)c1. The van der Waals surface area contributed by atoms with Crippen LogP contribution in [0, 0.1) is 0 Å². The molecule has 0 saturated heterocycles. The molecule has 18 heavy (non-hydrogen) atoms. The van der Waals surface area contributed by atoms with Gasteiger partial charge in [-0.3, -0.25) is 0 Å². The van der Waals surface area contributed by atoms with Crippen molar-refractivity contribution in [3.8, 4) is 0 Å². The normalized spacial score (nSPS) is 11.0. The highest BCUT2D eigenvalue weighted by Crippen LogP contribution is 2.24. The number of rotatable bonds is 7. The molecule has 0 radical (unpaired) electrons. The van der Waals surface area contributed by atoms with Crippen molar-refractivity contribution in [2.24, 2.45) is 0 Å². The first-order valence-electron chi connectivity index (χ1n) is 6.46. The minimum atomic E-state index is 0.183. The minimum absolute atomic E-state index is 0.183. The van der Waals surface area contributed by atoms with Crippen molar-refractivity contribution in [1.82, 2.24) is 5.32 Å². The van der Waals surface area contributed by atoms with Gasteiger partial charge in [-0.25, -0.2) is 0 Å². The molecule has 0 aliphatic heterocycles. The lowest BCUT2D eigenvalue weighted by Crippen LogP contribution is -2.26. The third kappa shape index (κ3) is 4.59. The quantitative estimate of drug-likeness (QED) is 0.812. The van der Waals surface area contributed by atoms with Gasteiger partial charge in [-0.05, 0) is 24.6 Å². The van der Waals surface area contributed by atoms with E-state index >= 15 is 0 Å². The molecule has 3 nitrogen and oxygen atoms in total. The molecule has 0 aliphatic rings. The van der Waals surface area contributed by atoms with Gasteiger partial charge in [0.1, 0.15) is 0 Å². The lowest BCUT2D eigenvalue weighted by Gasteiger charge is -2.23. The maximum atomic E-state index is 9.03. The molecule has 0 saturated carbocycles. The number of aliphatic hydroxyl groups is 1. The largest absolute Gasteiger partial charge is 0.395 e. The second-order valence-corrected chi connectivity index (χ2v) is 5.47. The smallest absolute Gasteiger partial charge is 0.0606 e. The van der Waals surface area contributed by atoms with E-state index in [9.17, 15) is 0 Å². The Hall–Kier alpha value is -0.580. The molecule has 0 aromatic heterocycles. The number of aliphatic hydroxyl groups excluding tert-OH is 1. The van der Waals surface area contributed by atoms with Gasteiger partial charge in [0.15, 0.2) is 0 Å². The van der Waals surface area contributed by atoms with E-state index in [2.05, 4.69) is 65.1 Å². The van der Waals surface area contributed by atoms with Gasteiger partial charge < -0.3 is 15.3 Å². The number of nitrogens with zero attached hydrogens (tertiary/aromatic N) is 1. The van der Waals surface area contributed by atoms with E-state index in [0.29, 0.717) is 12.6 Å². The maximum absolute atomic E-state index is 9.03. The van der Waals surface area contributed by atoms with E-state index in [0.717, 1.165) is 23.2 Å². The molecule has 102 valence electrons. The Balaban J connectivity index is 2.77. The summed E-state index contributed by atoms with van der Waals surface area (Å²) in [4.78, 5) is 2.16. The molecule has 1 rings (SSSR count).